The lowest BCUT2D eigenvalue weighted by atomic mass is 9.88. The van der Waals surface area contributed by atoms with Crippen molar-refractivity contribution < 1.29 is 32.3 Å². The first-order valence-corrected chi connectivity index (χ1v) is 15.7. The molecule has 2 unspecified atom stereocenters. The van der Waals surface area contributed by atoms with E-state index in [1.54, 1.807) is 38.9 Å². The molecule has 1 heterocycles. The van der Waals surface area contributed by atoms with Gasteiger partial charge in [0.15, 0.2) is 5.78 Å². The fourth-order valence-electron chi connectivity index (χ4n) is 5.87. The van der Waals surface area contributed by atoms with Crippen LogP contribution in [0.5, 0.6) is 0 Å². The molecule has 6 nitrogen and oxygen atoms in total. The molecule has 3 rings (SSSR count). The molecule has 2 aromatic carbocycles. The lowest BCUT2D eigenvalue weighted by Crippen LogP contribution is -2.32. The van der Waals surface area contributed by atoms with Gasteiger partial charge in [-0.1, -0.05) is 38.5 Å². The molecule has 0 aliphatic rings. The van der Waals surface area contributed by atoms with Gasteiger partial charge in [-0.3, -0.25) is 14.4 Å². The van der Waals surface area contributed by atoms with Gasteiger partial charge in [0.25, 0.3) is 5.56 Å². The fraction of sp³-hybridized carbons (Fsp3) is 0.486. The van der Waals surface area contributed by atoms with E-state index in [9.17, 15) is 31.9 Å². The molecule has 1 N–H and O–H groups in total. The van der Waals surface area contributed by atoms with E-state index in [2.05, 4.69) is 19.1 Å². The van der Waals surface area contributed by atoms with Gasteiger partial charge in [0, 0.05) is 18.8 Å². The van der Waals surface area contributed by atoms with Crippen molar-refractivity contribution in [1.29, 1.82) is 0 Å². The molecule has 0 radical (unpaired) electrons. The van der Waals surface area contributed by atoms with E-state index in [1.807, 2.05) is 33.8 Å². The number of aliphatic carboxylic acids is 1. The summed E-state index contributed by atoms with van der Waals surface area (Å²) in [6, 6.07) is 7.75. The van der Waals surface area contributed by atoms with Crippen molar-refractivity contribution in [2.75, 3.05) is 20.6 Å². The van der Waals surface area contributed by atoms with Crippen molar-refractivity contribution in [3.8, 4) is 11.1 Å². The Kier molecular flexibility index (Phi) is 13.7. The molecule has 2 atom stereocenters. The van der Waals surface area contributed by atoms with E-state index in [1.165, 1.54) is 18.7 Å². The predicted octanol–water partition coefficient (Wildman–Crippen LogP) is 8.45. The van der Waals surface area contributed by atoms with Gasteiger partial charge in [0.1, 0.15) is 5.82 Å². The number of halogens is 4. The first-order chi connectivity index (χ1) is 21.6. The monoisotopic (exact) mass is 660 g/mol. The summed E-state index contributed by atoms with van der Waals surface area (Å²) >= 11 is 0. The summed E-state index contributed by atoms with van der Waals surface area (Å²) in [4.78, 5) is 36.8. The van der Waals surface area contributed by atoms with Crippen LogP contribution in [0.3, 0.4) is 0 Å². The maximum atomic E-state index is 14.5. The number of pyridine rings is 1. The van der Waals surface area contributed by atoms with Crippen molar-refractivity contribution in [3.63, 3.8) is 0 Å². The second-order valence-corrected chi connectivity index (χ2v) is 13.2. The summed E-state index contributed by atoms with van der Waals surface area (Å²) in [7, 11) is 3.53. The molecule has 258 valence electrons. The topological polar surface area (TPSA) is 79.6 Å². The SMILES string of the molecule is CC(=O)C(CC(C)C)n1cc(CCN(C)C)c(C(F)(F)F)cc1=O.Cc1cc(C)c(-c2cc(C)c(F)c(C(C)CC(=O)O)c2)c(C)c1. The van der Waals surface area contributed by atoms with Crippen molar-refractivity contribution in [2.45, 2.75) is 92.8 Å². The standard InChI is InChI=1S/C20H23FO2.C17H25F3N2O2/c1-11-6-13(3)19(14(4)7-11)16-8-15(5)20(21)17(10-16)12(2)9-18(22)23;1-11(2)8-15(12(3)23)22-10-13(6-7-21(4)5)14(9-16(22)24)17(18,19)20/h6-8,10,12H,9H2,1-5H3,(H,22,23);9-11,15H,6-8H2,1-5H3. The number of aromatic nitrogens is 1. The average Bonchev–Trinajstić information content (AvgIpc) is 2.91. The Balaban J connectivity index is 0.000000327. The minimum Gasteiger partial charge on any atom is -0.481 e. The van der Waals surface area contributed by atoms with Gasteiger partial charge in [-0.25, -0.2) is 4.39 Å². The minimum absolute atomic E-state index is 0.0332. The van der Waals surface area contributed by atoms with Crippen LogP contribution in [0.2, 0.25) is 0 Å². The molecule has 3 aromatic rings. The third-order valence-corrected chi connectivity index (χ3v) is 8.06. The zero-order chi connectivity index (χ0) is 36.0. The number of carboxylic acid groups (broad SMARTS) is 1. The number of Topliss-reactive ketones (excluding diaryl/α,β-unsaturated/α-hetero) is 1. The molecule has 0 fully saturated rings. The summed E-state index contributed by atoms with van der Waals surface area (Å²) < 4.78 is 55.3. The molecule has 0 saturated heterocycles. The van der Waals surface area contributed by atoms with Gasteiger partial charge in [0.05, 0.1) is 18.0 Å². The predicted molar refractivity (Wildman–Crippen MR) is 179 cm³/mol. The molecule has 0 saturated carbocycles. The average molecular weight is 661 g/mol. The van der Waals surface area contributed by atoms with E-state index < -0.39 is 29.3 Å². The van der Waals surface area contributed by atoms with Crippen LogP contribution in [-0.4, -0.2) is 47.0 Å². The van der Waals surface area contributed by atoms with E-state index in [0.29, 0.717) is 30.2 Å². The number of rotatable bonds is 11. The van der Waals surface area contributed by atoms with Crippen molar-refractivity contribution >= 4 is 11.8 Å². The van der Waals surface area contributed by atoms with E-state index in [0.717, 1.165) is 26.8 Å². The summed E-state index contributed by atoms with van der Waals surface area (Å²) in [5, 5.41) is 8.99. The molecule has 0 bridgehead atoms. The van der Waals surface area contributed by atoms with Gasteiger partial charge in [-0.2, -0.15) is 13.2 Å². The number of likely N-dealkylation sites (N-methyl/N-ethyl adjacent to an activating group) is 1. The number of carbonyl (C=O) groups excluding carboxylic acids is 1. The second-order valence-electron chi connectivity index (χ2n) is 13.2. The zero-order valence-electron chi connectivity index (χ0n) is 29.1. The van der Waals surface area contributed by atoms with Crippen LogP contribution in [0, 0.1) is 39.4 Å². The normalized spacial score (nSPS) is 12.9. The van der Waals surface area contributed by atoms with Crippen LogP contribution in [0.4, 0.5) is 17.6 Å². The number of nitrogens with zero attached hydrogens (tertiary/aromatic N) is 2. The number of carboxylic acids is 1. The highest BCUT2D eigenvalue weighted by Gasteiger charge is 2.35. The smallest absolute Gasteiger partial charge is 0.416 e. The Morgan fingerprint density at radius 1 is 0.936 bits per heavy atom. The zero-order valence-corrected chi connectivity index (χ0v) is 29.1. The first-order valence-electron chi connectivity index (χ1n) is 15.7. The number of aryl methyl sites for hydroxylation is 4. The largest absolute Gasteiger partial charge is 0.481 e. The molecular weight excluding hydrogens is 612 g/mol. The Morgan fingerprint density at radius 3 is 1.98 bits per heavy atom. The quantitative estimate of drug-likeness (QED) is 0.209. The Labute approximate surface area is 275 Å². The minimum atomic E-state index is -4.59. The third-order valence-electron chi connectivity index (χ3n) is 8.06. The van der Waals surface area contributed by atoms with Crippen LogP contribution >= 0.6 is 0 Å². The van der Waals surface area contributed by atoms with Crippen molar-refractivity contribution in [2.24, 2.45) is 5.92 Å². The maximum Gasteiger partial charge on any atom is 0.416 e. The molecule has 0 aliphatic heterocycles. The Morgan fingerprint density at radius 2 is 1.51 bits per heavy atom. The van der Waals surface area contributed by atoms with Gasteiger partial charge in [0.2, 0.25) is 0 Å². The summed E-state index contributed by atoms with van der Waals surface area (Å²) in [5.74, 6) is -1.67. The molecule has 10 heteroatoms. The number of hydrogen-bond acceptors (Lipinski definition) is 4. The van der Waals surface area contributed by atoms with Gasteiger partial charge in [-0.15, -0.1) is 0 Å². The number of hydrogen-bond donors (Lipinski definition) is 1. The van der Waals surface area contributed by atoms with Gasteiger partial charge in [-0.05, 0) is 124 Å². The van der Waals surface area contributed by atoms with E-state index >= 15 is 0 Å². The second kappa shape index (κ2) is 16.4. The van der Waals surface area contributed by atoms with Crippen LogP contribution in [0.15, 0.2) is 41.3 Å². The van der Waals surface area contributed by atoms with Crippen molar-refractivity contribution in [1.82, 2.24) is 9.47 Å². The van der Waals surface area contributed by atoms with Crippen LogP contribution in [0.1, 0.15) is 91.4 Å². The maximum absolute atomic E-state index is 14.5. The van der Waals surface area contributed by atoms with Gasteiger partial charge >= 0.3 is 12.1 Å². The molecule has 0 amide bonds. The molecule has 0 aliphatic carbocycles. The lowest BCUT2D eigenvalue weighted by Gasteiger charge is -2.22. The Hall–Kier alpha value is -3.79. The van der Waals surface area contributed by atoms with Gasteiger partial charge < -0.3 is 14.6 Å². The number of alkyl halides is 3. The van der Waals surface area contributed by atoms with E-state index in [4.69, 9.17) is 5.11 Å². The number of ketones is 1. The third kappa shape index (κ3) is 10.9. The van der Waals surface area contributed by atoms with Crippen LogP contribution in [-0.2, 0) is 22.2 Å². The molecule has 1 aromatic heterocycles. The first kappa shape index (κ1) is 39.4. The number of benzene rings is 2. The fourth-order valence-corrected chi connectivity index (χ4v) is 5.87. The molecule has 0 spiro atoms. The summed E-state index contributed by atoms with van der Waals surface area (Å²) in [6.07, 6.45) is -2.90. The highest BCUT2D eigenvalue weighted by Crippen LogP contribution is 2.35. The number of carbonyl (C=O) groups is 2. The highest BCUT2D eigenvalue weighted by molar-refractivity contribution is 5.80. The van der Waals surface area contributed by atoms with Crippen LogP contribution in [0.25, 0.3) is 11.1 Å². The molecule has 47 heavy (non-hydrogen) atoms. The van der Waals surface area contributed by atoms with Crippen LogP contribution < -0.4 is 5.56 Å². The summed E-state index contributed by atoms with van der Waals surface area (Å²) in [6.45, 7) is 15.2. The van der Waals surface area contributed by atoms with E-state index in [-0.39, 0.29) is 41.8 Å². The lowest BCUT2D eigenvalue weighted by molar-refractivity contribution is -0.139. The Bertz CT molecular complexity index is 1620. The highest BCUT2D eigenvalue weighted by atomic mass is 19.4. The summed E-state index contributed by atoms with van der Waals surface area (Å²) in [5.41, 5.74) is 4.88. The molecular formula is C37H48F4N2O4. The van der Waals surface area contributed by atoms with Crippen molar-refractivity contribution in [3.05, 3.63) is 91.6 Å².